The van der Waals surface area contributed by atoms with E-state index in [1.165, 1.54) is 12.1 Å². The fourth-order valence-corrected chi connectivity index (χ4v) is 2.94. The Bertz CT molecular complexity index is 948. The van der Waals surface area contributed by atoms with Crippen molar-refractivity contribution in [1.82, 2.24) is 15.0 Å². The molecule has 3 heterocycles. The second-order valence-corrected chi connectivity index (χ2v) is 5.80. The quantitative estimate of drug-likeness (QED) is 0.716. The molecule has 1 aliphatic rings. The lowest BCUT2D eigenvalue weighted by Gasteiger charge is -2.22. The number of halogens is 1. The van der Waals surface area contributed by atoms with Crippen LogP contribution in [-0.2, 0) is 13.0 Å². The molecule has 1 aliphatic heterocycles. The molecule has 0 atom stereocenters. The molecule has 0 radical (unpaired) electrons. The molecule has 4 rings (SSSR count). The summed E-state index contributed by atoms with van der Waals surface area (Å²) in [4.78, 5) is 14.9. The fraction of sp³-hybridized carbons (Fsp3) is 0.222. The first kappa shape index (κ1) is 15.3. The topological polar surface area (TPSA) is 78.8 Å². The number of hydrogen-bond acceptors (Lipinski definition) is 6. The zero-order chi connectivity index (χ0) is 17.2. The number of benzene rings is 1. The third-order valence-electron chi connectivity index (χ3n) is 4.08. The SMILES string of the molecule is N#Cc1cc(F)cc(N2CCCc3oc(-c4ncccn4)nc3C2)c1. The van der Waals surface area contributed by atoms with Crippen LogP contribution in [0.25, 0.3) is 11.7 Å². The lowest BCUT2D eigenvalue weighted by Crippen LogP contribution is -2.23. The molecule has 0 amide bonds. The number of oxazole rings is 1. The predicted octanol–water partition coefficient (Wildman–Crippen LogP) is 3.10. The van der Waals surface area contributed by atoms with Crippen LogP contribution in [0.5, 0.6) is 0 Å². The van der Waals surface area contributed by atoms with Gasteiger partial charge < -0.3 is 9.32 Å². The van der Waals surface area contributed by atoms with Crippen LogP contribution in [0.15, 0.2) is 41.1 Å². The Hall–Kier alpha value is -3.27. The Morgan fingerprint density at radius 3 is 2.84 bits per heavy atom. The van der Waals surface area contributed by atoms with Crippen LogP contribution in [0.4, 0.5) is 10.1 Å². The number of rotatable bonds is 2. The molecule has 0 spiro atoms. The first-order valence-electron chi connectivity index (χ1n) is 7.94. The second-order valence-electron chi connectivity index (χ2n) is 5.80. The average Bonchev–Trinajstić information content (AvgIpc) is 2.93. The van der Waals surface area contributed by atoms with E-state index < -0.39 is 5.82 Å². The molecular formula is C18H14FN5O. The first-order valence-corrected chi connectivity index (χ1v) is 7.94. The van der Waals surface area contributed by atoms with Crippen molar-refractivity contribution in [2.24, 2.45) is 0 Å². The van der Waals surface area contributed by atoms with Crippen molar-refractivity contribution in [1.29, 1.82) is 5.26 Å². The van der Waals surface area contributed by atoms with Crippen LogP contribution in [0.1, 0.15) is 23.4 Å². The monoisotopic (exact) mass is 335 g/mol. The number of aryl methyl sites for hydroxylation is 1. The van der Waals surface area contributed by atoms with Crippen molar-refractivity contribution in [3.63, 3.8) is 0 Å². The largest absolute Gasteiger partial charge is 0.438 e. The summed E-state index contributed by atoms with van der Waals surface area (Å²) in [6.45, 7) is 1.22. The minimum Gasteiger partial charge on any atom is -0.438 e. The van der Waals surface area contributed by atoms with Crippen LogP contribution in [0, 0.1) is 17.1 Å². The molecule has 2 aromatic heterocycles. The summed E-state index contributed by atoms with van der Waals surface area (Å²) in [6.07, 6.45) is 4.86. The molecule has 0 bridgehead atoms. The molecule has 0 saturated heterocycles. The minimum absolute atomic E-state index is 0.304. The summed E-state index contributed by atoms with van der Waals surface area (Å²) in [6, 6.07) is 8.08. The van der Waals surface area contributed by atoms with Gasteiger partial charge >= 0.3 is 0 Å². The van der Waals surface area contributed by atoms with E-state index >= 15 is 0 Å². The highest BCUT2D eigenvalue weighted by Crippen LogP contribution is 2.27. The van der Waals surface area contributed by atoms with Crippen molar-refractivity contribution >= 4 is 5.69 Å². The molecule has 25 heavy (non-hydrogen) atoms. The van der Waals surface area contributed by atoms with E-state index in [4.69, 9.17) is 9.68 Å². The van der Waals surface area contributed by atoms with E-state index in [-0.39, 0.29) is 0 Å². The number of nitrogens with zero attached hydrogens (tertiary/aromatic N) is 5. The summed E-state index contributed by atoms with van der Waals surface area (Å²) in [5.74, 6) is 1.22. The van der Waals surface area contributed by atoms with Gasteiger partial charge in [0.05, 0.1) is 18.2 Å². The maximum Gasteiger partial charge on any atom is 0.265 e. The Morgan fingerprint density at radius 2 is 2.04 bits per heavy atom. The van der Waals surface area contributed by atoms with Crippen molar-refractivity contribution in [3.05, 3.63) is 59.5 Å². The van der Waals surface area contributed by atoms with Gasteiger partial charge in [-0.25, -0.2) is 19.3 Å². The molecule has 124 valence electrons. The molecule has 0 fully saturated rings. The average molecular weight is 335 g/mol. The lowest BCUT2D eigenvalue weighted by molar-refractivity contribution is 0.509. The van der Waals surface area contributed by atoms with Crippen LogP contribution in [0.2, 0.25) is 0 Å². The van der Waals surface area contributed by atoms with E-state index in [2.05, 4.69) is 15.0 Å². The van der Waals surface area contributed by atoms with Crippen molar-refractivity contribution < 1.29 is 8.81 Å². The van der Waals surface area contributed by atoms with Gasteiger partial charge in [-0.05, 0) is 30.7 Å². The molecule has 0 N–H and O–H groups in total. The molecule has 0 unspecified atom stereocenters. The van der Waals surface area contributed by atoms with Gasteiger partial charge in [0.15, 0.2) is 0 Å². The number of anilines is 1. The van der Waals surface area contributed by atoms with E-state index in [9.17, 15) is 4.39 Å². The first-order chi connectivity index (χ1) is 12.2. The highest BCUT2D eigenvalue weighted by molar-refractivity contribution is 5.53. The summed E-state index contributed by atoms with van der Waals surface area (Å²) in [5.41, 5.74) is 1.77. The molecule has 1 aromatic carbocycles. The smallest absolute Gasteiger partial charge is 0.265 e. The fourth-order valence-electron chi connectivity index (χ4n) is 2.94. The standard InChI is InChI=1S/C18H14FN5O/c19-13-7-12(10-20)8-14(9-13)24-6-1-3-16-15(11-24)23-18(25-16)17-21-4-2-5-22-17/h2,4-5,7-9H,1,3,6,11H2. The summed E-state index contributed by atoms with van der Waals surface area (Å²) in [5, 5.41) is 9.05. The summed E-state index contributed by atoms with van der Waals surface area (Å²) < 4.78 is 19.6. The van der Waals surface area contributed by atoms with Crippen molar-refractivity contribution in [2.75, 3.05) is 11.4 Å². The zero-order valence-corrected chi connectivity index (χ0v) is 13.3. The van der Waals surface area contributed by atoms with Gasteiger partial charge in [-0.3, -0.25) is 0 Å². The molecule has 6 nitrogen and oxygen atoms in total. The molecule has 7 heteroatoms. The predicted molar refractivity (Wildman–Crippen MR) is 88.0 cm³/mol. The number of hydrogen-bond donors (Lipinski definition) is 0. The van der Waals surface area contributed by atoms with Crippen molar-refractivity contribution in [3.8, 4) is 17.8 Å². The van der Waals surface area contributed by atoms with Gasteiger partial charge in [0.25, 0.3) is 5.89 Å². The van der Waals surface area contributed by atoms with Gasteiger partial charge in [0.2, 0.25) is 5.82 Å². The van der Waals surface area contributed by atoms with E-state index in [1.807, 2.05) is 11.0 Å². The van der Waals surface area contributed by atoms with Gasteiger partial charge in [-0.15, -0.1) is 0 Å². The molecule has 0 aliphatic carbocycles. The third kappa shape index (κ3) is 3.06. The molecule has 0 saturated carbocycles. The zero-order valence-electron chi connectivity index (χ0n) is 13.3. The minimum atomic E-state index is -0.419. The van der Waals surface area contributed by atoms with Crippen LogP contribution >= 0.6 is 0 Å². The van der Waals surface area contributed by atoms with Gasteiger partial charge in [0, 0.05) is 31.0 Å². The maximum atomic E-state index is 13.8. The summed E-state index contributed by atoms with van der Waals surface area (Å²) in [7, 11) is 0. The van der Waals surface area contributed by atoms with Crippen LogP contribution in [-0.4, -0.2) is 21.5 Å². The highest BCUT2D eigenvalue weighted by Gasteiger charge is 2.22. The number of fused-ring (bicyclic) bond motifs is 1. The Kier molecular flexibility index (Phi) is 3.86. The Morgan fingerprint density at radius 1 is 1.20 bits per heavy atom. The van der Waals surface area contributed by atoms with Crippen molar-refractivity contribution in [2.45, 2.75) is 19.4 Å². The van der Waals surface area contributed by atoms with Crippen LogP contribution in [0.3, 0.4) is 0 Å². The summed E-state index contributed by atoms with van der Waals surface area (Å²) >= 11 is 0. The van der Waals surface area contributed by atoms with E-state index in [1.54, 1.807) is 24.5 Å². The number of nitriles is 1. The Balaban J connectivity index is 1.67. The Labute approximate surface area is 143 Å². The van der Waals surface area contributed by atoms with Crippen LogP contribution < -0.4 is 4.90 Å². The maximum absolute atomic E-state index is 13.8. The normalized spacial score (nSPS) is 13.8. The van der Waals surface area contributed by atoms with Gasteiger partial charge in [-0.1, -0.05) is 0 Å². The van der Waals surface area contributed by atoms with Gasteiger partial charge in [0.1, 0.15) is 17.3 Å². The second kappa shape index (κ2) is 6.32. The lowest BCUT2D eigenvalue weighted by atomic mass is 10.2. The number of aromatic nitrogens is 3. The van der Waals surface area contributed by atoms with E-state index in [0.29, 0.717) is 29.5 Å². The third-order valence-corrected chi connectivity index (χ3v) is 4.08. The molecular weight excluding hydrogens is 321 g/mol. The van der Waals surface area contributed by atoms with Gasteiger partial charge in [-0.2, -0.15) is 5.26 Å². The molecule has 3 aromatic rings. The highest BCUT2D eigenvalue weighted by atomic mass is 19.1. The van der Waals surface area contributed by atoms with E-state index in [0.717, 1.165) is 30.8 Å².